The van der Waals surface area contributed by atoms with E-state index in [2.05, 4.69) is 16.0 Å². The molecule has 1 aliphatic rings. The maximum atomic E-state index is 11.2. The van der Waals surface area contributed by atoms with Gasteiger partial charge in [-0.05, 0) is 24.5 Å². The molecule has 1 atom stereocenters. The molecule has 0 bridgehead atoms. The Morgan fingerprint density at radius 2 is 2.29 bits per heavy atom. The molecule has 0 amide bonds. The molecule has 0 radical (unpaired) electrons. The Labute approximate surface area is 85.1 Å². The van der Waals surface area contributed by atoms with Crippen molar-refractivity contribution in [1.82, 2.24) is 0 Å². The molecule has 1 aliphatic heterocycles. The molecule has 1 aromatic rings. The lowest BCUT2D eigenvalue weighted by atomic mass is 10.2. The van der Waals surface area contributed by atoms with Crippen LogP contribution in [0.3, 0.4) is 0 Å². The van der Waals surface area contributed by atoms with Crippen LogP contribution in [-0.4, -0.2) is 24.9 Å². The van der Waals surface area contributed by atoms with Crippen molar-refractivity contribution in [3.8, 4) is 0 Å². The van der Waals surface area contributed by atoms with Crippen molar-refractivity contribution in [2.75, 3.05) is 13.4 Å². The number of nitrogens with zero attached hydrogens (tertiary/aromatic N) is 1. The minimum Gasteiger partial charge on any atom is -0.465 e. The first-order chi connectivity index (χ1) is 6.72. The predicted molar refractivity (Wildman–Crippen MR) is 59.1 cm³/mol. The minimum atomic E-state index is -0.310. The molecule has 1 heterocycles. The third-order valence-electron chi connectivity index (χ3n) is 2.15. The van der Waals surface area contributed by atoms with E-state index in [9.17, 15) is 4.79 Å². The fraction of sp³-hybridized carbons (Fsp3) is 0.200. The van der Waals surface area contributed by atoms with E-state index in [0.717, 1.165) is 5.69 Å². The highest BCUT2D eigenvalue weighted by atomic mass is 32.2. The van der Waals surface area contributed by atoms with Crippen molar-refractivity contribution < 1.29 is 9.53 Å². The number of hydrogen-bond donors (Lipinski definition) is 1. The van der Waals surface area contributed by atoms with Gasteiger partial charge in [-0.2, -0.15) is 10.9 Å². The molecule has 14 heavy (non-hydrogen) atoms. The molecule has 0 N–H and O–H groups in total. The summed E-state index contributed by atoms with van der Waals surface area (Å²) in [7, 11) is 1.12. The highest BCUT2D eigenvalue weighted by Gasteiger charge is 2.14. The van der Waals surface area contributed by atoms with Crippen molar-refractivity contribution >= 4 is 28.1 Å². The standard InChI is InChI=1S/C10H11NO2S/c1-13-10(12)7-3-4-9-8(5-7)11-6-14(9)2/h3-6,14H,1-2H3. The molecule has 0 fully saturated rings. The molecule has 0 saturated heterocycles. The summed E-state index contributed by atoms with van der Waals surface area (Å²) < 4.78 is 4.64. The summed E-state index contributed by atoms with van der Waals surface area (Å²) in [5, 5.41) is 0. The van der Waals surface area contributed by atoms with E-state index in [-0.39, 0.29) is 16.9 Å². The second kappa shape index (κ2) is 3.46. The molecule has 1 unspecified atom stereocenters. The van der Waals surface area contributed by atoms with Crippen LogP contribution in [-0.2, 0) is 4.74 Å². The molecule has 4 heteroatoms. The number of rotatable bonds is 1. The van der Waals surface area contributed by atoms with Gasteiger partial charge in [0.05, 0.1) is 18.4 Å². The highest BCUT2D eigenvalue weighted by molar-refractivity contribution is 8.28. The van der Waals surface area contributed by atoms with E-state index in [1.54, 1.807) is 12.1 Å². The number of esters is 1. The van der Waals surface area contributed by atoms with E-state index in [1.165, 1.54) is 12.0 Å². The number of hydrogen-bond acceptors (Lipinski definition) is 3. The topological polar surface area (TPSA) is 38.7 Å². The Morgan fingerprint density at radius 1 is 1.50 bits per heavy atom. The molecule has 0 saturated carbocycles. The number of carbonyl (C=O) groups is 1. The summed E-state index contributed by atoms with van der Waals surface area (Å²) in [5.74, 6) is -0.310. The third-order valence-corrected chi connectivity index (χ3v) is 3.75. The zero-order chi connectivity index (χ0) is 10.1. The summed E-state index contributed by atoms with van der Waals surface area (Å²) in [6, 6.07) is 5.53. The summed E-state index contributed by atoms with van der Waals surface area (Å²) in [6.07, 6.45) is 2.14. The van der Waals surface area contributed by atoms with E-state index in [0.29, 0.717) is 5.56 Å². The Balaban J connectivity index is 2.42. The molecule has 74 valence electrons. The van der Waals surface area contributed by atoms with Crippen LogP contribution in [0.4, 0.5) is 5.69 Å². The Morgan fingerprint density at radius 3 is 3.00 bits per heavy atom. The first-order valence-electron chi connectivity index (χ1n) is 4.22. The second-order valence-corrected chi connectivity index (χ2v) is 4.99. The quantitative estimate of drug-likeness (QED) is 0.568. The van der Waals surface area contributed by atoms with E-state index in [4.69, 9.17) is 0 Å². The molecular formula is C10H11NO2S. The van der Waals surface area contributed by atoms with Crippen molar-refractivity contribution in [2.45, 2.75) is 4.90 Å². The maximum absolute atomic E-state index is 11.2. The van der Waals surface area contributed by atoms with Crippen molar-refractivity contribution in [2.24, 2.45) is 4.99 Å². The van der Waals surface area contributed by atoms with Crippen LogP contribution in [0.15, 0.2) is 28.1 Å². The Hall–Kier alpha value is -1.29. The molecule has 0 aliphatic carbocycles. The van der Waals surface area contributed by atoms with Gasteiger partial charge in [0, 0.05) is 10.4 Å². The number of thiol groups is 1. The number of ether oxygens (including phenoxy) is 1. The fourth-order valence-electron chi connectivity index (χ4n) is 1.38. The zero-order valence-electron chi connectivity index (χ0n) is 8.02. The smallest absolute Gasteiger partial charge is 0.337 e. The van der Waals surface area contributed by atoms with Gasteiger partial charge in [0.2, 0.25) is 0 Å². The summed E-state index contributed by atoms with van der Waals surface area (Å²) >= 11 is 0. The van der Waals surface area contributed by atoms with Crippen molar-refractivity contribution in [3.05, 3.63) is 23.8 Å². The van der Waals surface area contributed by atoms with Crippen molar-refractivity contribution in [1.29, 1.82) is 0 Å². The average molecular weight is 209 g/mol. The van der Waals surface area contributed by atoms with Crippen LogP contribution in [0.5, 0.6) is 0 Å². The normalized spacial score (nSPS) is 20.6. The molecule has 3 nitrogen and oxygen atoms in total. The largest absolute Gasteiger partial charge is 0.465 e. The number of benzene rings is 1. The average Bonchev–Trinajstić information content (AvgIpc) is 2.59. The minimum absolute atomic E-state index is 0.261. The molecular weight excluding hydrogens is 198 g/mol. The first-order valence-corrected chi connectivity index (χ1v) is 6.07. The lowest BCUT2D eigenvalue weighted by Crippen LogP contribution is -2.00. The van der Waals surface area contributed by atoms with Gasteiger partial charge < -0.3 is 4.74 Å². The van der Waals surface area contributed by atoms with Gasteiger partial charge in [0.1, 0.15) is 0 Å². The summed E-state index contributed by atoms with van der Waals surface area (Å²) in [5.41, 5.74) is 3.41. The van der Waals surface area contributed by atoms with Gasteiger partial charge in [-0.25, -0.2) is 4.79 Å². The van der Waals surface area contributed by atoms with Crippen molar-refractivity contribution in [3.63, 3.8) is 0 Å². The number of fused-ring (bicyclic) bond motifs is 1. The molecule has 0 aromatic heterocycles. The van der Waals surface area contributed by atoms with Crippen LogP contribution < -0.4 is 0 Å². The third kappa shape index (κ3) is 1.42. The molecule has 2 rings (SSSR count). The number of methoxy groups -OCH3 is 1. The Bertz CT molecular complexity index is 415. The highest BCUT2D eigenvalue weighted by Crippen LogP contribution is 2.43. The van der Waals surface area contributed by atoms with Gasteiger partial charge in [0.15, 0.2) is 0 Å². The zero-order valence-corrected chi connectivity index (χ0v) is 8.91. The van der Waals surface area contributed by atoms with Crippen LogP contribution in [0.2, 0.25) is 0 Å². The van der Waals surface area contributed by atoms with Gasteiger partial charge >= 0.3 is 5.97 Å². The van der Waals surface area contributed by atoms with Crippen LogP contribution >= 0.6 is 10.9 Å². The monoisotopic (exact) mass is 209 g/mol. The van der Waals surface area contributed by atoms with Crippen LogP contribution in [0, 0.1) is 0 Å². The van der Waals surface area contributed by atoms with E-state index >= 15 is 0 Å². The van der Waals surface area contributed by atoms with E-state index < -0.39 is 0 Å². The van der Waals surface area contributed by atoms with Gasteiger partial charge in [-0.3, -0.25) is 4.99 Å². The van der Waals surface area contributed by atoms with Gasteiger partial charge in [-0.15, -0.1) is 0 Å². The first kappa shape index (κ1) is 9.27. The summed E-state index contributed by atoms with van der Waals surface area (Å²) in [6.45, 7) is 0. The molecule has 1 aromatic carbocycles. The number of carbonyl (C=O) groups excluding carboxylic acids is 1. The SMILES string of the molecule is COC(=O)c1ccc2c(c1)N=C[SH]2C. The second-order valence-electron chi connectivity index (χ2n) is 3.05. The number of aliphatic imine (C=N–C) groups is 1. The lowest BCUT2D eigenvalue weighted by molar-refractivity contribution is 0.0600. The van der Waals surface area contributed by atoms with Gasteiger partial charge in [0.25, 0.3) is 0 Å². The van der Waals surface area contributed by atoms with Crippen LogP contribution in [0.25, 0.3) is 0 Å². The lowest BCUT2D eigenvalue weighted by Gasteiger charge is -2.06. The van der Waals surface area contributed by atoms with Gasteiger partial charge in [-0.1, -0.05) is 0 Å². The maximum Gasteiger partial charge on any atom is 0.337 e. The fourth-order valence-corrected chi connectivity index (χ4v) is 2.60. The van der Waals surface area contributed by atoms with Crippen LogP contribution in [0.1, 0.15) is 10.4 Å². The predicted octanol–water partition coefficient (Wildman–Crippen LogP) is 2.14. The molecule has 0 spiro atoms. The Kier molecular flexibility index (Phi) is 2.29. The van der Waals surface area contributed by atoms with E-state index in [1.807, 2.05) is 11.6 Å². The summed E-state index contributed by atoms with van der Waals surface area (Å²) in [4.78, 5) is 16.7.